The predicted octanol–water partition coefficient (Wildman–Crippen LogP) is 3.00. The molecule has 32 heavy (non-hydrogen) atoms. The Bertz CT molecular complexity index is 852. The first-order chi connectivity index (χ1) is 15.5. The minimum atomic E-state index is -0.662. The highest BCUT2D eigenvalue weighted by Crippen LogP contribution is 2.33. The fraction of sp³-hybridized carbons (Fsp3) is 0.500. The van der Waals surface area contributed by atoms with Crippen molar-refractivity contribution >= 4 is 11.4 Å². The van der Waals surface area contributed by atoms with E-state index in [1.807, 2.05) is 19.9 Å². The van der Waals surface area contributed by atoms with E-state index in [2.05, 4.69) is 39.0 Å². The second-order valence-electron chi connectivity index (χ2n) is 8.11. The van der Waals surface area contributed by atoms with Crippen LogP contribution in [0, 0.1) is 10.1 Å². The zero-order chi connectivity index (χ0) is 22.9. The Morgan fingerprint density at radius 3 is 2.41 bits per heavy atom. The number of likely N-dealkylation sites (N-methyl/N-ethyl adjacent to an activating group) is 1. The first-order valence-corrected chi connectivity index (χ1v) is 11.3. The molecule has 1 heterocycles. The van der Waals surface area contributed by atoms with Gasteiger partial charge in [0.1, 0.15) is 18.5 Å². The summed E-state index contributed by atoms with van der Waals surface area (Å²) in [5.74, 6) is 0.453. The van der Waals surface area contributed by atoms with Gasteiger partial charge in [0.25, 0.3) is 5.69 Å². The highest BCUT2D eigenvalue weighted by Gasteiger charge is 2.22. The summed E-state index contributed by atoms with van der Waals surface area (Å²) in [7, 11) is 0. The van der Waals surface area contributed by atoms with Crippen LogP contribution in [0.1, 0.15) is 19.4 Å². The number of aliphatic hydroxyl groups excluding tert-OH is 1. The van der Waals surface area contributed by atoms with Gasteiger partial charge in [0.2, 0.25) is 0 Å². The van der Waals surface area contributed by atoms with E-state index in [9.17, 15) is 15.2 Å². The standard InChI is InChI=1S/C24H34N4O4/c1-3-25(4-2)18-22(29)19-32-24-16-21(28(30)31)10-11-23(24)27-14-12-26(13-15-27)17-20-8-6-5-7-9-20/h5-11,16,22,29H,3-4,12-15,17-19H2,1-2H3. The summed E-state index contributed by atoms with van der Waals surface area (Å²) < 4.78 is 5.92. The lowest BCUT2D eigenvalue weighted by Gasteiger charge is -2.36. The van der Waals surface area contributed by atoms with E-state index in [4.69, 9.17) is 4.74 Å². The Kier molecular flexibility index (Phi) is 8.84. The molecule has 2 aromatic carbocycles. The van der Waals surface area contributed by atoms with Crippen LogP contribution < -0.4 is 9.64 Å². The summed E-state index contributed by atoms with van der Waals surface area (Å²) in [5.41, 5.74) is 2.12. The van der Waals surface area contributed by atoms with Gasteiger partial charge in [0.05, 0.1) is 16.7 Å². The molecule has 3 rings (SSSR count). The topological polar surface area (TPSA) is 82.3 Å². The van der Waals surface area contributed by atoms with Gasteiger partial charge in [-0.15, -0.1) is 0 Å². The lowest BCUT2D eigenvalue weighted by molar-refractivity contribution is -0.384. The SMILES string of the molecule is CCN(CC)CC(O)COc1cc([N+](=O)[O-])ccc1N1CCN(Cc2ccccc2)CC1. The molecular formula is C24H34N4O4. The van der Waals surface area contributed by atoms with Gasteiger partial charge in [-0.3, -0.25) is 15.0 Å². The molecule has 0 amide bonds. The third kappa shape index (κ3) is 6.66. The van der Waals surface area contributed by atoms with Gasteiger partial charge in [-0.25, -0.2) is 0 Å². The number of benzene rings is 2. The predicted molar refractivity (Wildman–Crippen MR) is 126 cm³/mol. The van der Waals surface area contributed by atoms with Crippen molar-refractivity contribution in [1.82, 2.24) is 9.80 Å². The second kappa shape index (κ2) is 11.8. The molecule has 0 aliphatic carbocycles. The molecule has 1 unspecified atom stereocenters. The van der Waals surface area contributed by atoms with Crippen LogP contribution in [-0.2, 0) is 6.54 Å². The van der Waals surface area contributed by atoms with Crippen LogP contribution in [0.15, 0.2) is 48.5 Å². The Morgan fingerprint density at radius 2 is 1.78 bits per heavy atom. The van der Waals surface area contributed by atoms with Crippen molar-refractivity contribution in [2.75, 3.05) is 57.3 Å². The van der Waals surface area contributed by atoms with Gasteiger partial charge in [-0.1, -0.05) is 44.2 Å². The number of non-ortho nitro benzene ring substituents is 1. The Morgan fingerprint density at radius 1 is 1.09 bits per heavy atom. The number of piperazine rings is 1. The van der Waals surface area contributed by atoms with E-state index < -0.39 is 11.0 Å². The highest BCUT2D eigenvalue weighted by atomic mass is 16.6. The fourth-order valence-corrected chi connectivity index (χ4v) is 4.00. The van der Waals surface area contributed by atoms with Crippen LogP contribution >= 0.6 is 0 Å². The van der Waals surface area contributed by atoms with Crippen molar-refractivity contribution in [1.29, 1.82) is 0 Å². The Balaban J connectivity index is 1.64. The molecule has 0 aromatic heterocycles. The number of nitro benzene ring substituents is 1. The summed E-state index contributed by atoms with van der Waals surface area (Å²) >= 11 is 0. The van der Waals surface area contributed by atoms with Crippen LogP contribution in [0.3, 0.4) is 0 Å². The zero-order valence-electron chi connectivity index (χ0n) is 19.0. The molecule has 8 heteroatoms. The number of hydrogen-bond donors (Lipinski definition) is 1. The number of anilines is 1. The molecule has 0 bridgehead atoms. The van der Waals surface area contributed by atoms with Crippen molar-refractivity contribution in [3.63, 3.8) is 0 Å². The smallest absolute Gasteiger partial charge is 0.273 e. The van der Waals surface area contributed by atoms with Gasteiger partial charge in [-0.05, 0) is 24.7 Å². The van der Waals surface area contributed by atoms with Gasteiger partial charge in [-0.2, -0.15) is 0 Å². The van der Waals surface area contributed by atoms with E-state index in [-0.39, 0.29) is 12.3 Å². The third-order valence-corrected chi connectivity index (χ3v) is 5.91. The Hall–Kier alpha value is -2.68. The van der Waals surface area contributed by atoms with Crippen LogP contribution in [0.2, 0.25) is 0 Å². The number of hydrogen-bond acceptors (Lipinski definition) is 7. The lowest BCUT2D eigenvalue weighted by atomic mass is 10.1. The van der Waals surface area contributed by atoms with Gasteiger partial charge < -0.3 is 19.6 Å². The van der Waals surface area contributed by atoms with E-state index in [1.54, 1.807) is 6.07 Å². The minimum absolute atomic E-state index is 0.00954. The number of ether oxygens (including phenoxy) is 1. The minimum Gasteiger partial charge on any atom is -0.488 e. The van der Waals surface area contributed by atoms with E-state index in [0.29, 0.717) is 12.3 Å². The van der Waals surface area contributed by atoms with Crippen molar-refractivity contribution < 1.29 is 14.8 Å². The third-order valence-electron chi connectivity index (χ3n) is 5.91. The average Bonchev–Trinajstić information content (AvgIpc) is 2.82. The molecule has 1 aliphatic rings. The summed E-state index contributed by atoms with van der Waals surface area (Å²) in [5, 5.41) is 21.7. The lowest BCUT2D eigenvalue weighted by Crippen LogP contribution is -2.46. The maximum absolute atomic E-state index is 11.3. The summed E-state index contributed by atoms with van der Waals surface area (Å²) in [6.45, 7) is 10.7. The molecule has 0 saturated carbocycles. The van der Waals surface area contributed by atoms with Crippen LogP contribution in [0.5, 0.6) is 5.75 Å². The van der Waals surface area contributed by atoms with Gasteiger partial charge in [0, 0.05) is 45.3 Å². The molecule has 1 atom stereocenters. The molecule has 2 aromatic rings. The molecule has 0 radical (unpaired) electrons. The van der Waals surface area contributed by atoms with Crippen LogP contribution in [0.25, 0.3) is 0 Å². The number of nitrogens with zero attached hydrogens (tertiary/aromatic N) is 4. The Labute approximate surface area is 190 Å². The van der Waals surface area contributed by atoms with E-state index in [1.165, 1.54) is 17.7 Å². The number of nitro groups is 1. The summed E-state index contributed by atoms with van der Waals surface area (Å²) in [6.07, 6.45) is -0.662. The van der Waals surface area contributed by atoms with Crippen molar-refractivity contribution in [3.05, 3.63) is 64.2 Å². The molecule has 1 fully saturated rings. The van der Waals surface area contributed by atoms with E-state index >= 15 is 0 Å². The summed E-state index contributed by atoms with van der Waals surface area (Å²) in [4.78, 5) is 17.6. The second-order valence-corrected chi connectivity index (χ2v) is 8.11. The van der Waals surface area contributed by atoms with Crippen LogP contribution in [0.4, 0.5) is 11.4 Å². The zero-order valence-corrected chi connectivity index (χ0v) is 19.0. The number of rotatable bonds is 11. The van der Waals surface area contributed by atoms with Crippen LogP contribution in [-0.4, -0.2) is 78.4 Å². The van der Waals surface area contributed by atoms with E-state index in [0.717, 1.165) is 51.5 Å². The maximum atomic E-state index is 11.3. The molecule has 1 N–H and O–H groups in total. The molecular weight excluding hydrogens is 408 g/mol. The van der Waals surface area contributed by atoms with Crippen molar-refractivity contribution in [2.24, 2.45) is 0 Å². The largest absolute Gasteiger partial charge is 0.488 e. The molecule has 1 aliphatic heterocycles. The normalized spacial score (nSPS) is 15.7. The molecule has 174 valence electrons. The highest BCUT2D eigenvalue weighted by molar-refractivity contribution is 5.62. The summed E-state index contributed by atoms with van der Waals surface area (Å²) in [6, 6.07) is 15.2. The fourth-order valence-electron chi connectivity index (χ4n) is 4.00. The molecule has 0 spiro atoms. The monoisotopic (exact) mass is 442 g/mol. The van der Waals surface area contributed by atoms with Crippen molar-refractivity contribution in [3.8, 4) is 5.75 Å². The maximum Gasteiger partial charge on any atom is 0.273 e. The number of aliphatic hydroxyl groups is 1. The van der Waals surface area contributed by atoms with Crippen molar-refractivity contribution in [2.45, 2.75) is 26.5 Å². The van der Waals surface area contributed by atoms with Gasteiger partial charge in [0.15, 0.2) is 0 Å². The first kappa shape index (κ1) is 24.0. The molecule has 1 saturated heterocycles. The van der Waals surface area contributed by atoms with Gasteiger partial charge >= 0.3 is 0 Å². The molecule has 8 nitrogen and oxygen atoms in total. The first-order valence-electron chi connectivity index (χ1n) is 11.3. The quantitative estimate of drug-likeness (QED) is 0.423. The average molecular weight is 443 g/mol.